The van der Waals surface area contributed by atoms with Crippen LogP contribution in [0.1, 0.15) is 24.0 Å². The molecule has 0 aliphatic carbocycles. The van der Waals surface area contributed by atoms with Gasteiger partial charge in [0.2, 0.25) is 5.91 Å². The predicted molar refractivity (Wildman–Crippen MR) is 77.5 cm³/mol. The zero-order chi connectivity index (χ0) is 14.6. The van der Waals surface area contributed by atoms with Gasteiger partial charge in [0.05, 0.1) is 12.0 Å². The Morgan fingerprint density at radius 3 is 2.75 bits per heavy atom. The summed E-state index contributed by atoms with van der Waals surface area (Å²) in [5, 5.41) is 10.4. The van der Waals surface area contributed by atoms with Gasteiger partial charge in [-0.15, -0.1) is 0 Å². The lowest BCUT2D eigenvalue weighted by atomic mass is 9.93. The van der Waals surface area contributed by atoms with Gasteiger partial charge >= 0.3 is 0 Å². The summed E-state index contributed by atoms with van der Waals surface area (Å²) >= 11 is 0. The van der Waals surface area contributed by atoms with Crippen LogP contribution in [0.25, 0.3) is 0 Å². The van der Waals surface area contributed by atoms with E-state index in [1.54, 1.807) is 11.9 Å². The number of rotatable bonds is 4. The van der Waals surface area contributed by atoms with Crippen LogP contribution in [0.15, 0.2) is 24.3 Å². The van der Waals surface area contributed by atoms with E-state index in [0.29, 0.717) is 39.0 Å². The fraction of sp³-hybridized carbons (Fsp3) is 0.562. The molecule has 110 valence electrons. The molecule has 1 aromatic rings. The van der Waals surface area contributed by atoms with Gasteiger partial charge in [-0.2, -0.15) is 0 Å². The Labute approximate surface area is 120 Å². The van der Waals surface area contributed by atoms with Crippen LogP contribution in [0.5, 0.6) is 0 Å². The van der Waals surface area contributed by atoms with E-state index in [1.807, 2.05) is 31.2 Å². The van der Waals surface area contributed by atoms with Crippen molar-refractivity contribution in [3.8, 4) is 0 Å². The molecule has 2 rings (SSSR count). The van der Waals surface area contributed by atoms with Crippen molar-refractivity contribution in [1.82, 2.24) is 4.90 Å². The Morgan fingerprint density at radius 2 is 2.10 bits per heavy atom. The second-order valence-corrected chi connectivity index (χ2v) is 5.75. The monoisotopic (exact) mass is 277 g/mol. The van der Waals surface area contributed by atoms with Crippen LogP contribution in [0.4, 0.5) is 0 Å². The van der Waals surface area contributed by atoms with E-state index in [9.17, 15) is 9.90 Å². The maximum absolute atomic E-state index is 12.2. The van der Waals surface area contributed by atoms with Gasteiger partial charge in [0.1, 0.15) is 0 Å². The highest BCUT2D eigenvalue weighted by atomic mass is 16.5. The van der Waals surface area contributed by atoms with Gasteiger partial charge in [-0.05, 0) is 12.5 Å². The molecule has 20 heavy (non-hydrogen) atoms. The predicted octanol–water partition coefficient (Wildman–Crippen LogP) is 1.54. The van der Waals surface area contributed by atoms with Gasteiger partial charge in [-0.3, -0.25) is 4.79 Å². The molecule has 1 aliphatic heterocycles. The Morgan fingerprint density at radius 1 is 1.40 bits per heavy atom. The molecule has 0 aromatic heterocycles. The van der Waals surface area contributed by atoms with Crippen LogP contribution < -0.4 is 0 Å². The molecule has 1 fully saturated rings. The maximum atomic E-state index is 12.2. The van der Waals surface area contributed by atoms with Gasteiger partial charge in [0, 0.05) is 39.6 Å². The van der Waals surface area contributed by atoms with Crippen LogP contribution in [0, 0.1) is 6.92 Å². The summed E-state index contributed by atoms with van der Waals surface area (Å²) in [7, 11) is 1.76. The molecule has 1 aromatic carbocycles. The SMILES string of the molecule is Cc1cccc(CC(=O)N(C)CC2(O)CCOCC2)c1. The number of aliphatic hydroxyl groups is 1. The minimum Gasteiger partial charge on any atom is -0.388 e. The second-order valence-electron chi connectivity index (χ2n) is 5.75. The Kier molecular flexibility index (Phi) is 4.78. The van der Waals surface area contributed by atoms with Gasteiger partial charge in [0.15, 0.2) is 0 Å². The van der Waals surface area contributed by atoms with Crippen LogP contribution in [0.3, 0.4) is 0 Å². The third kappa shape index (κ3) is 4.05. The number of amides is 1. The number of carbonyl (C=O) groups is 1. The van der Waals surface area contributed by atoms with Crippen LogP contribution in [0.2, 0.25) is 0 Å². The molecule has 1 saturated heterocycles. The average molecular weight is 277 g/mol. The number of hydrogen-bond acceptors (Lipinski definition) is 3. The highest BCUT2D eigenvalue weighted by molar-refractivity contribution is 5.78. The highest BCUT2D eigenvalue weighted by Crippen LogP contribution is 2.21. The minimum atomic E-state index is -0.796. The largest absolute Gasteiger partial charge is 0.388 e. The van der Waals surface area contributed by atoms with E-state index >= 15 is 0 Å². The first-order chi connectivity index (χ1) is 9.48. The number of aryl methyl sites for hydroxylation is 1. The van der Waals surface area contributed by atoms with Gasteiger partial charge in [0.25, 0.3) is 0 Å². The Hall–Kier alpha value is -1.39. The molecule has 4 heteroatoms. The van der Waals surface area contributed by atoms with Crippen molar-refractivity contribution in [1.29, 1.82) is 0 Å². The number of carbonyl (C=O) groups excluding carboxylic acids is 1. The first kappa shape index (κ1) is 15.0. The van der Waals surface area contributed by atoms with Crippen LogP contribution in [-0.4, -0.2) is 48.3 Å². The normalized spacial score (nSPS) is 17.8. The van der Waals surface area contributed by atoms with Crippen molar-refractivity contribution in [3.63, 3.8) is 0 Å². The lowest BCUT2D eigenvalue weighted by molar-refractivity contribution is -0.136. The Bertz CT molecular complexity index is 467. The molecule has 1 N–H and O–H groups in total. The molecule has 0 atom stereocenters. The zero-order valence-corrected chi connectivity index (χ0v) is 12.3. The third-order valence-electron chi connectivity index (χ3n) is 3.82. The van der Waals surface area contributed by atoms with Crippen molar-refractivity contribution >= 4 is 5.91 Å². The van der Waals surface area contributed by atoms with Crippen molar-refractivity contribution in [2.75, 3.05) is 26.8 Å². The van der Waals surface area contributed by atoms with E-state index in [-0.39, 0.29) is 5.91 Å². The molecule has 0 radical (unpaired) electrons. The summed E-state index contributed by atoms with van der Waals surface area (Å²) in [6.07, 6.45) is 1.56. The highest BCUT2D eigenvalue weighted by Gasteiger charge is 2.32. The molecule has 1 amide bonds. The molecule has 4 nitrogen and oxygen atoms in total. The van der Waals surface area contributed by atoms with E-state index in [0.717, 1.165) is 11.1 Å². The minimum absolute atomic E-state index is 0.0375. The fourth-order valence-electron chi connectivity index (χ4n) is 2.57. The summed E-state index contributed by atoms with van der Waals surface area (Å²) in [5.74, 6) is 0.0375. The first-order valence-electron chi connectivity index (χ1n) is 7.08. The smallest absolute Gasteiger partial charge is 0.226 e. The van der Waals surface area contributed by atoms with E-state index in [1.165, 1.54) is 0 Å². The summed E-state index contributed by atoms with van der Waals surface area (Å²) in [6, 6.07) is 7.96. The van der Waals surface area contributed by atoms with Gasteiger partial charge in [-0.1, -0.05) is 29.8 Å². The van der Waals surface area contributed by atoms with Gasteiger partial charge < -0.3 is 14.7 Å². The molecule has 0 bridgehead atoms. The third-order valence-corrected chi connectivity index (χ3v) is 3.82. The lowest BCUT2D eigenvalue weighted by Gasteiger charge is -2.35. The van der Waals surface area contributed by atoms with E-state index in [2.05, 4.69) is 0 Å². The first-order valence-corrected chi connectivity index (χ1v) is 7.08. The van der Waals surface area contributed by atoms with Crippen molar-refractivity contribution in [2.45, 2.75) is 31.8 Å². The van der Waals surface area contributed by atoms with Crippen LogP contribution in [-0.2, 0) is 16.0 Å². The molecule has 1 heterocycles. The number of nitrogens with zero attached hydrogens (tertiary/aromatic N) is 1. The molecular weight excluding hydrogens is 254 g/mol. The van der Waals surface area contributed by atoms with Crippen molar-refractivity contribution in [3.05, 3.63) is 35.4 Å². The molecule has 0 unspecified atom stereocenters. The number of ether oxygens (including phenoxy) is 1. The average Bonchev–Trinajstić information content (AvgIpc) is 2.39. The van der Waals surface area contributed by atoms with E-state index < -0.39 is 5.60 Å². The molecule has 0 saturated carbocycles. The topological polar surface area (TPSA) is 49.8 Å². The van der Waals surface area contributed by atoms with Gasteiger partial charge in [-0.25, -0.2) is 0 Å². The molecule has 1 aliphatic rings. The number of hydrogen-bond donors (Lipinski definition) is 1. The van der Waals surface area contributed by atoms with E-state index in [4.69, 9.17) is 4.74 Å². The Balaban J connectivity index is 1.91. The number of likely N-dealkylation sites (N-methyl/N-ethyl adjacent to an activating group) is 1. The second kappa shape index (κ2) is 6.37. The fourth-order valence-corrected chi connectivity index (χ4v) is 2.57. The van der Waals surface area contributed by atoms with Crippen molar-refractivity contribution < 1.29 is 14.6 Å². The summed E-state index contributed by atoms with van der Waals surface area (Å²) in [4.78, 5) is 13.9. The standard InChI is InChI=1S/C16H23NO3/c1-13-4-3-5-14(10-13)11-15(18)17(2)12-16(19)6-8-20-9-7-16/h3-5,10,19H,6-9,11-12H2,1-2H3. The van der Waals surface area contributed by atoms with Crippen molar-refractivity contribution in [2.24, 2.45) is 0 Å². The summed E-state index contributed by atoms with van der Waals surface area (Å²) < 4.78 is 5.25. The molecular formula is C16H23NO3. The quantitative estimate of drug-likeness (QED) is 0.908. The van der Waals surface area contributed by atoms with Crippen LogP contribution >= 0.6 is 0 Å². The lowest BCUT2D eigenvalue weighted by Crippen LogP contribution is -2.47. The number of benzene rings is 1. The zero-order valence-electron chi connectivity index (χ0n) is 12.3. The molecule has 0 spiro atoms. The summed E-state index contributed by atoms with van der Waals surface area (Å²) in [5.41, 5.74) is 1.37. The maximum Gasteiger partial charge on any atom is 0.226 e. The summed E-state index contributed by atoms with van der Waals surface area (Å²) in [6.45, 7) is 3.52.